The van der Waals surface area contributed by atoms with Crippen LogP contribution in [0.15, 0.2) is 42.5 Å². The zero-order valence-electron chi connectivity index (χ0n) is 9.70. The Morgan fingerprint density at radius 3 is 2.00 bits per heavy atom. The highest BCUT2D eigenvalue weighted by molar-refractivity contribution is 5.97. The predicted molar refractivity (Wildman–Crippen MR) is 67.5 cm³/mol. The minimum atomic E-state index is -1.16. The lowest BCUT2D eigenvalue weighted by atomic mass is 9.98. The summed E-state index contributed by atoms with van der Waals surface area (Å²) in [6.07, 6.45) is 0. The number of phenolic OH excluding ortho intramolecular Hbond substituents is 1. The maximum Gasteiger partial charge on any atom is 0.336 e. The zero-order valence-corrected chi connectivity index (χ0v) is 9.70. The minimum absolute atomic E-state index is 0.0388. The van der Waals surface area contributed by atoms with Gasteiger partial charge in [0, 0.05) is 0 Å². The van der Waals surface area contributed by atoms with Crippen molar-refractivity contribution in [2.24, 2.45) is 0 Å². The molecular weight excluding hydrogens is 248 g/mol. The van der Waals surface area contributed by atoms with Gasteiger partial charge in [0.15, 0.2) is 0 Å². The molecule has 0 atom stereocenters. The number of carboxylic acids is 2. The first-order valence-corrected chi connectivity index (χ1v) is 5.39. The van der Waals surface area contributed by atoms with Crippen molar-refractivity contribution < 1.29 is 24.9 Å². The topological polar surface area (TPSA) is 94.8 Å². The van der Waals surface area contributed by atoms with Gasteiger partial charge in [-0.15, -0.1) is 0 Å². The fraction of sp³-hybridized carbons (Fsp3) is 0. The molecule has 0 aliphatic carbocycles. The van der Waals surface area contributed by atoms with Gasteiger partial charge in [-0.1, -0.05) is 12.1 Å². The third-order valence-electron chi connectivity index (χ3n) is 2.68. The molecule has 0 unspecified atom stereocenters. The molecule has 0 aliphatic heterocycles. The average Bonchev–Trinajstić information content (AvgIpc) is 2.38. The molecule has 0 fully saturated rings. The second kappa shape index (κ2) is 4.81. The van der Waals surface area contributed by atoms with Gasteiger partial charge in [-0.3, -0.25) is 0 Å². The Balaban J connectivity index is 2.52. The maximum absolute atomic E-state index is 11.1. The molecule has 5 heteroatoms. The van der Waals surface area contributed by atoms with Gasteiger partial charge in [0.1, 0.15) is 5.75 Å². The highest BCUT2D eigenvalue weighted by Gasteiger charge is 2.13. The van der Waals surface area contributed by atoms with E-state index in [0.29, 0.717) is 11.1 Å². The van der Waals surface area contributed by atoms with Crippen LogP contribution in [0.3, 0.4) is 0 Å². The molecule has 0 aromatic heterocycles. The standard InChI is InChI=1S/C14H10O5/c15-10-5-6-11(12(7-10)14(18)19)8-1-3-9(4-2-8)13(16)17/h1-7,15H,(H,16,17)(H,18,19). The van der Waals surface area contributed by atoms with Gasteiger partial charge >= 0.3 is 11.9 Å². The molecule has 0 saturated heterocycles. The van der Waals surface area contributed by atoms with E-state index in [-0.39, 0.29) is 16.9 Å². The van der Waals surface area contributed by atoms with Crippen molar-refractivity contribution in [3.05, 3.63) is 53.6 Å². The van der Waals surface area contributed by atoms with Crippen molar-refractivity contribution in [3.63, 3.8) is 0 Å². The van der Waals surface area contributed by atoms with Gasteiger partial charge in [0.05, 0.1) is 11.1 Å². The fourth-order valence-electron chi connectivity index (χ4n) is 1.75. The van der Waals surface area contributed by atoms with Crippen molar-refractivity contribution in [2.75, 3.05) is 0 Å². The molecule has 2 aromatic carbocycles. The first-order valence-electron chi connectivity index (χ1n) is 5.39. The Labute approximate surface area is 108 Å². The van der Waals surface area contributed by atoms with Crippen molar-refractivity contribution in [2.45, 2.75) is 0 Å². The lowest BCUT2D eigenvalue weighted by Gasteiger charge is -2.07. The molecule has 96 valence electrons. The Morgan fingerprint density at radius 1 is 0.842 bits per heavy atom. The van der Waals surface area contributed by atoms with E-state index in [1.165, 1.54) is 36.4 Å². The summed E-state index contributed by atoms with van der Waals surface area (Å²) in [4.78, 5) is 21.9. The number of benzene rings is 2. The van der Waals surface area contributed by atoms with Gasteiger partial charge in [-0.2, -0.15) is 0 Å². The average molecular weight is 258 g/mol. The van der Waals surface area contributed by atoms with E-state index in [1.807, 2.05) is 0 Å². The van der Waals surface area contributed by atoms with E-state index in [9.17, 15) is 14.7 Å². The van der Waals surface area contributed by atoms with Crippen LogP contribution >= 0.6 is 0 Å². The summed E-state index contributed by atoms with van der Waals surface area (Å²) in [7, 11) is 0. The van der Waals surface area contributed by atoms with Crippen LogP contribution in [-0.4, -0.2) is 27.3 Å². The van der Waals surface area contributed by atoms with Crippen LogP contribution in [0.5, 0.6) is 5.75 Å². The molecule has 19 heavy (non-hydrogen) atoms. The lowest BCUT2D eigenvalue weighted by molar-refractivity contribution is 0.0686. The number of phenols is 1. The van der Waals surface area contributed by atoms with E-state index in [4.69, 9.17) is 10.2 Å². The summed E-state index contributed by atoms with van der Waals surface area (Å²) in [6, 6.07) is 9.88. The second-order valence-corrected chi connectivity index (χ2v) is 3.92. The van der Waals surface area contributed by atoms with Gasteiger partial charge in [0.2, 0.25) is 0 Å². The first kappa shape index (κ1) is 12.6. The SMILES string of the molecule is O=C(O)c1ccc(-c2ccc(O)cc2C(=O)O)cc1. The number of carboxylic acid groups (broad SMARTS) is 2. The van der Waals surface area contributed by atoms with E-state index in [0.717, 1.165) is 6.07 Å². The van der Waals surface area contributed by atoms with E-state index in [1.54, 1.807) is 0 Å². The molecular formula is C14H10O5. The highest BCUT2D eigenvalue weighted by atomic mass is 16.4. The third-order valence-corrected chi connectivity index (χ3v) is 2.68. The predicted octanol–water partition coefficient (Wildman–Crippen LogP) is 2.46. The van der Waals surface area contributed by atoms with Crippen LogP contribution in [0.1, 0.15) is 20.7 Å². The summed E-state index contributed by atoms with van der Waals surface area (Å²) in [5.74, 6) is -2.34. The molecule has 0 aliphatic rings. The van der Waals surface area contributed by atoms with Crippen molar-refractivity contribution in [1.29, 1.82) is 0 Å². The van der Waals surface area contributed by atoms with E-state index in [2.05, 4.69) is 0 Å². The summed E-state index contributed by atoms with van der Waals surface area (Å²) >= 11 is 0. The van der Waals surface area contributed by atoms with Crippen LogP contribution in [0.2, 0.25) is 0 Å². The highest BCUT2D eigenvalue weighted by Crippen LogP contribution is 2.27. The zero-order chi connectivity index (χ0) is 14.0. The molecule has 0 radical (unpaired) electrons. The normalized spacial score (nSPS) is 10.1. The summed E-state index contributed by atoms with van der Waals surface area (Å²) in [5.41, 5.74) is 1.08. The molecule has 0 saturated carbocycles. The van der Waals surface area contributed by atoms with E-state index >= 15 is 0 Å². The third kappa shape index (κ3) is 2.55. The first-order chi connectivity index (χ1) is 8.99. The second-order valence-electron chi connectivity index (χ2n) is 3.92. The van der Waals surface area contributed by atoms with Gasteiger partial charge in [-0.05, 0) is 41.5 Å². The molecule has 3 N–H and O–H groups in total. The van der Waals surface area contributed by atoms with Crippen molar-refractivity contribution >= 4 is 11.9 Å². The number of aromatic carboxylic acids is 2. The van der Waals surface area contributed by atoms with Gasteiger partial charge in [0.25, 0.3) is 0 Å². The Morgan fingerprint density at radius 2 is 1.47 bits per heavy atom. The Bertz CT molecular complexity index is 643. The molecule has 0 bridgehead atoms. The number of hydrogen-bond acceptors (Lipinski definition) is 3. The molecule has 0 amide bonds. The monoisotopic (exact) mass is 258 g/mol. The van der Waals surface area contributed by atoms with Crippen LogP contribution in [-0.2, 0) is 0 Å². The van der Waals surface area contributed by atoms with Crippen LogP contribution < -0.4 is 0 Å². The van der Waals surface area contributed by atoms with Crippen molar-refractivity contribution in [3.8, 4) is 16.9 Å². The molecule has 2 aromatic rings. The van der Waals surface area contributed by atoms with Gasteiger partial charge < -0.3 is 15.3 Å². The van der Waals surface area contributed by atoms with Crippen LogP contribution in [0.25, 0.3) is 11.1 Å². The number of hydrogen-bond donors (Lipinski definition) is 3. The largest absolute Gasteiger partial charge is 0.508 e. The molecule has 2 rings (SSSR count). The number of rotatable bonds is 3. The quantitative estimate of drug-likeness (QED) is 0.786. The molecule has 0 heterocycles. The number of aromatic hydroxyl groups is 1. The lowest BCUT2D eigenvalue weighted by Crippen LogP contribution is -2.00. The molecule has 0 spiro atoms. The van der Waals surface area contributed by atoms with Crippen LogP contribution in [0, 0.1) is 0 Å². The molecule has 5 nitrogen and oxygen atoms in total. The minimum Gasteiger partial charge on any atom is -0.508 e. The number of carbonyl (C=O) groups is 2. The summed E-state index contributed by atoms with van der Waals surface area (Å²) < 4.78 is 0. The fourth-order valence-corrected chi connectivity index (χ4v) is 1.75. The maximum atomic E-state index is 11.1. The summed E-state index contributed by atoms with van der Waals surface area (Å²) in [6.45, 7) is 0. The van der Waals surface area contributed by atoms with Crippen molar-refractivity contribution in [1.82, 2.24) is 0 Å². The Kier molecular flexibility index (Phi) is 3.20. The van der Waals surface area contributed by atoms with Crippen LogP contribution in [0.4, 0.5) is 0 Å². The summed E-state index contributed by atoms with van der Waals surface area (Å²) in [5, 5.41) is 27.2. The Hall–Kier alpha value is -2.82. The van der Waals surface area contributed by atoms with Gasteiger partial charge in [-0.25, -0.2) is 9.59 Å². The van der Waals surface area contributed by atoms with E-state index < -0.39 is 11.9 Å². The smallest absolute Gasteiger partial charge is 0.336 e.